The van der Waals surface area contributed by atoms with Crippen LogP contribution in [0.4, 0.5) is 0 Å². The summed E-state index contributed by atoms with van der Waals surface area (Å²) in [6.07, 6.45) is 0. The SMILES string of the molecule is O=C(c1ccccc1)c1ccc(OCC(=O)N2CCN(Cc3cccs3)CC2)cc1. The van der Waals surface area contributed by atoms with Crippen LogP contribution in [0.1, 0.15) is 20.8 Å². The molecule has 0 saturated carbocycles. The molecule has 5 nitrogen and oxygen atoms in total. The normalized spacial score (nSPS) is 14.5. The van der Waals surface area contributed by atoms with Gasteiger partial charge in [-0.25, -0.2) is 0 Å². The summed E-state index contributed by atoms with van der Waals surface area (Å²) in [6, 6.07) is 20.3. The van der Waals surface area contributed by atoms with E-state index in [1.165, 1.54) is 4.88 Å². The Hall–Kier alpha value is -2.96. The molecule has 2 aromatic carbocycles. The third kappa shape index (κ3) is 5.14. The van der Waals surface area contributed by atoms with Crippen molar-refractivity contribution in [3.8, 4) is 5.75 Å². The number of ether oxygens (including phenoxy) is 1. The molecule has 0 radical (unpaired) electrons. The maximum atomic E-state index is 12.5. The lowest BCUT2D eigenvalue weighted by atomic mass is 10.0. The van der Waals surface area contributed by atoms with E-state index in [0.29, 0.717) is 16.9 Å². The van der Waals surface area contributed by atoms with Gasteiger partial charge in [0.25, 0.3) is 5.91 Å². The van der Waals surface area contributed by atoms with E-state index in [9.17, 15) is 9.59 Å². The molecule has 0 atom stereocenters. The Balaban J connectivity index is 1.24. The number of rotatable bonds is 7. The van der Waals surface area contributed by atoms with Crippen LogP contribution < -0.4 is 4.74 Å². The number of thiophene rings is 1. The lowest BCUT2D eigenvalue weighted by molar-refractivity contribution is -0.135. The Morgan fingerprint density at radius 3 is 2.20 bits per heavy atom. The molecule has 0 spiro atoms. The standard InChI is InChI=1S/C24H24N2O3S/c27-23(26-14-12-25(13-15-26)17-22-7-4-16-30-22)18-29-21-10-8-20(9-11-21)24(28)19-5-2-1-3-6-19/h1-11,16H,12-15,17-18H2. The smallest absolute Gasteiger partial charge is 0.260 e. The number of ketones is 1. The quantitative estimate of drug-likeness (QED) is 0.547. The van der Waals surface area contributed by atoms with Crippen molar-refractivity contribution >= 4 is 23.0 Å². The predicted molar refractivity (Wildman–Crippen MR) is 118 cm³/mol. The third-order valence-corrected chi connectivity index (χ3v) is 6.06. The van der Waals surface area contributed by atoms with Crippen LogP contribution >= 0.6 is 11.3 Å². The second-order valence-corrected chi connectivity index (χ2v) is 8.28. The number of piperazine rings is 1. The third-order valence-electron chi connectivity index (χ3n) is 5.20. The van der Waals surface area contributed by atoms with Crippen molar-refractivity contribution in [2.75, 3.05) is 32.8 Å². The highest BCUT2D eigenvalue weighted by molar-refractivity contribution is 7.09. The van der Waals surface area contributed by atoms with E-state index in [1.807, 2.05) is 23.1 Å². The zero-order chi connectivity index (χ0) is 20.8. The minimum Gasteiger partial charge on any atom is -0.484 e. The van der Waals surface area contributed by atoms with Gasteiger partial charge in [-0.2, -0.15) is 0 Å². The molecule has 0 N–H and O–H groups in total. The van der Waals surface area contributed by atoms with Crippen molar-refractivity contribution in [1.82, 2.24) is 9.80 Å². The lowest BCUT2D eigenvalue weighted by Gasteiger charge is -2.34. The highest BCUT2D eigenvalue weighted by Gasteiger charge is 2.21. The summed E-state index contributed by atoms with van der Waals surface area (Å²) in [5, 5.41) is 2.09. The minimum absolute atomic E-state index is 0.00443. The van der Waals surface area contributed by atoms with Crippen LogP contribution in [0.25, 0.3) is 0 Å². The predicted octanol–water partition coefficient (Wildman–Crippen LogP) is 3.70. The van der Waals surface area contributed by atoms with Crippen LogP contribution in [0.5, 0.6) is 5.75 Å². The van der Waals surface area contributed by atoms with Crippen LogP contribution in [0.15, 0.2) is 72.1 Å². The molecular formula is C24H24N2O3S. The number of benzene rings is 2. The maximum absolute atomic E-state index is 12.5. The average Bonchev–Trinajstić information content (AvgIpc) is 3.31. The number of amides is 1. The second kappa shape index (κ2) is 9.69. The maximum Gasteiger partial charge on any atom is 0.260 e. The number of hydrogen-bond donors (Lipinski definition) is 0. The van der Waals surface area contributed by atoms with Crippen molar-refractivity contribution < 1.29 is 14.3 Å². The number of carbonyl (C=O) groups excluding carboxylic acids is 2. The lowest BCUT2D eigenvalue weighted by Crippen LogP contribution is -2.49. The van der Waals surface area contributed by atoms with Gasteiger partial charge in [-0.3, -0.25) is 14.5 Å². The topological polar surface area (TPSA) is 49.9 Å². The van der Waals surface area contributed by atoms with Gasteiger partial charge in [-0.05, 0) is 35.7 Å². The summed E-state index contributed by atoms with van der Waals surface area (Å²) in [5.41, 5.74) is 1.25. The molecule has 0 unspecified atom stereocenters. The van der Waals surface area contributed by atoms with Crippen molar-refractivity contribution in [1.29, 1.82) is 0 Å². The van der Waals surface area contributed by atoms with Crippen molar-refractivity contribution in [3.05, 3.63) is 88.1 Å². The zero-order valence-corrected chi connectivity index (χ0v) is 17.5. The Morgan fingerprint density at radius 2 is 1.53 bits per heavy atom. The highest BCUT2D eigenvalue weighted by atomic mass is 32.1. The molecule has 1 aromatic heterocycles. The largest absolute Gasteiger partial charge is 0.484 e. The second-order valence-electron chi connectivity index (χ2n) is 7.24. The Morgan fingerprint density at radius 1 is 0.833 bits per heavy atom. The van der Waals surface area contributed by atoms with E-state index in [4.69, 9.17) is 4.74 Å². The van der Waals surface area contributed by atoms with Gasteiger partial charge in [0.1, 0.15) is 5.75 Å². The summed E-state index contributed by atoms with van der Waals surface area (Å²) >= 11 is 1.77. The molecular weight excluding hydrogens is 396 g/mol. The van der Waals surface area contributed by atoms with Crippen LogP contribution in [0.2, 0.25) is 0 Å². The summed E-state index contributed by atoms with van der Waals surface area (Å²) in [5.74, 6) is 0.554. The van der Waals surface area contributed by atoms with Crippen LogP contribution in [0, 0.1) is 0 Å². The van der Waals surface area contributed by atoms with E-state index in [-0.39, 0.29) is 18.3 Å². The van der Waals surface area contributed by atoms with Gasteiger partial charge in [0, 0.05) is 48.7 Å². The average molecular weight is 421 g/mol. The summed E-state index contributed by atoms with van der Waals surface area (Å²) in [4.78, 5) is 30.5. The van der Waals surface area contributed by atoms with Gasteiger partial charge in [0.15, 0.2) is 12.4 Å². The fourth-order valence-electron chi connectivity index (χ4n) is 3.47. The van der Waals surface area contributed by atoms with E-state index >= 15 is 0 Å². The van der Waals surface area contributed by atoms with Crippen molar-refractivity contribution in [2.24, 2.45) is 0 Å². The van der Waals surface area contributed by atoms with E-state index in [0.717, 1.165) is 32.7 Å². The molecule has 1 saturated heterocycles. The van der Waals surface area contributed by atoms with Gasteiger partial charge < -0.3 is 9.64 Å². The first-order valence-corrected chi connectivity index (χ1v) is 10.9. The molecule has 4 rings (SSSR count). The molecule has 1 aliphatic rings. The van der Waals surface area contributed by atoms with Crippen molar-refractivity contribution in [2.45, 2.75) is 6.54 Å². The fourth-order valence-corrected chi connectivity index (χ4v) is 4.22. The molecule has 0 aliphatic carbocycles. The monoisotopic (exact) mass is 420 g/mol. The molecule has 1 aliphatic heterocycles. The first-order valence-electron chi connectivity index (χ1n) is 10.0. The Kier molecular flexibility index (Phi) is 6.57. The van der Waals surface area contributed by atoms with Crippen LogP contribution in [0.3, 0.4) is 0 Å². The minimum atomic E-state index is -0.0290. The van der Waals surface area contributed by atoms with Gasteiger partial charge in [-0.15, -0.1) is 11.3 Å². The first-order chi connectivity index (χ1) is 14.7. The molecule has 3 aromatic rings. The summed E-state index contributed by atoms with van der Waals surface area (Å²) in [6.45, 7) is 4.15. The molecule has 30 heavy (non-hydrogen) atoms. The summed E-state index contributed by atoms with van der Waals surface area (Å²) < 4.78 is 5.66. The highest BCUT2D eigenvalue weighted by Crippen LogP contribution is 2.17. The van der Waals surface area contributed by atoms with E-state index in [2.05, 4.69) is 22.4 Å². The van der Waals surface area contributed by atoms with Gasteiger partial charge in [0.05, 0.1) is 0 Å². The van der Waals surface area contributed by atoms with Gasteiger partial charge >= 0.3 is 0 Å². The zero-order valence-electron chi connectivity index (χ0n) is 16.7. The molecule has 0 bridgehead atoms. The number of carbonyl (C=O) groups is 2. The molecule has 6 heteroatoms. The molecule has 154 valence electrons. The molecule has 1 amide bonds. The first kappa shape index (κ1) is 20.3. The van der Waals surface area contributed by atoms with E-state index < -0.39 is 0 Å². The van der Waals surface area contributed by atoms with Crippen molar-refractivity contribution in [3.63, 3.8) is 0 Å². The van der Waals surface area contributed by atoms with Gasteiger partial charge in [-0.1, -0.05) is 36.4 Å². The number of hydrogen-bond acceptors (Lipinski definition) is 5. The number of nitrogens with zero attached hydrogens (tertiary/aromatic N) is 2. The molecule has 1 fully saturated rings. The Labute approximate surface area is 180 Å². The summed E-state index contributed by atoms with van der Waals surface area (Å²) in [7, 11) is 0. The Bertz CT molecular complexity index is 963. The van der Waals surface area contributed by atoms with Gasteiger partial charge in [0.2, 0.25) is 0 Å². The van der Waals surface area contributed by atoms with Crippen LogP contribution in [-0.4, -0.2) is 54.3 Å². The molecule has 2 heterocycles. The van der Waals surface area contributed by atoms with Crippen LogP contribution in [-0.2, 0) is 11.3 Å². The van der Waals surface area contributed by atoms with E-state index in [1.54, 1.807) is 47.7 Å². The fraction of sp³-hybridized carbons (Fsp3) is 0.250.